The second-order valence-electron chi connectivity index (χ2n) is 4.38. The van der Waals surface area contributed by atoms with Crippen molar-refractivity contribution in [3.63, 3.8) is 0 Å². The lowest BCUT2D eigenvalue weighted by Gasteiger charge is -2.13. The molecular formula is C14H11F3N2O2. The lowest BCUT2D eigenvalue weighted by molar-refractivity contribution is -0.137. The summed E-state index contributed by atoms with van der Waals surface area (Å²) in [6.07, 6.45) is -3.12. The van der Waals surface area contributed by atoms with Gasteiger partial charge >= 0.3 is 12.1 Å². The maximum atomic E-state index is 12.6. The average molecular weight is 296 g/mol. The number of alkyl halides is 3. The summed E-state index contributed by atoms with van der Waals surface area (Å²) in [6.45, 7) is 1.78. The van der Waals surface area contributed by atoms with Gasteiger partial charge in [-0.1, -0.05) is 0 Å². The second kappa shape index (κ2) is 5.43. The summed E-state index contributed by atoms with van der Waals surface area (Å²) < 4.78 is 37.8. The van der Waals surface area contributed by atoms with Gasteiger partial charge in [0, 0.05) is 5.69 Å². The molecule has 0 fully saturated rings. The van der Waals surface area contributed by atoms with Crippen LogP contribution in [-0.2, 0) is 6.18 Å². The number of benzene rings is 1. The van der Waals surface area contributed by atoms with Crippen LogP contribution in [0.25, 0.3) is 0 Å². The Balaban J connectivity index is 2.39. The minimum atomic E-state index is -4.59. The molecule has 0 spiro atoms. The average Bonchev–Trinajstić information content (AvgIpc) is 2.40. The fourth-order valence-corrected chi connectivity index (χ4v) is 1.70. The number of aromatic carboxylic acids is 1. The Morgan fingerprint density at radius 1 is 1.24 bits per heavy atom. The third-order valence-electron chi connectivity index (χ3n) is 2.77. The van der Waals surface area contributed by atoms with E-state index < -0.39 is 23.3 Å². The number of halogens is 3. The van der Waals surface area contributed by atoms with Crippen molar-refractivity contribution < 1.29 is 23.1 Å². The van der Waals surface area contributed by atoms with E-state index in [0.717, 1.165) is 17.8 Å². The summed E-state index contributed by atoms with van der Waals surface area (Å²) in [6, 6.07) is 5.88. The number of hydrogen-bond acceptors (Lipinski definition) is 3. The first kappa shape index (κ1) is 14.8. The van der Waals surface area contributed by atoms with Crippen molar-refractivity contribution in [1.29, 1.82) is 0 Å². The Morgan fingerprint density at radius 2 is 1.95 bits per heavy atom. The highest BCUT2D eigenvalue weighted by molar-refractivity contribution is 5.95. The highest BCUT2D eigenvalue weighted by Gasteiger charge is 2.31. The molecule has 110 valence electrons. The van der Waals surface area contributed by atoms with Gasteiger partial charge in [-0.15, -0.1) is 0 Å². The highest BCUT2D eigenvalue weighted by Crippen LogP contribution is 2.32. The molecule has 1 aromatic heterocycles. The van der Waals surface area contributed by atoms with Gasteiger partial charge in [0.15, 0.2) is 0 Å². The number of aromatic nitrogens is 1. The third-order valence-corrected chi connectivity index (χ3v) is 2.77. The van der Waals surface area contributed by atoms with Gasteiger partial charge in [-0.3, -0.25) is 4.98 Å². The largest absolute Gasteiger partial charge is 0.478 e. The number of carbonyl (C=O) groups is 1. The van der Waals surface area contributed by atoms with E-state index in [9.17, 15) is 18.0 Å². The number of rotatable bonds is 3. The van der Waals surface area contributed by atoms with Crippen molar-refractivity contribution in [2.75, 3.05) is 5.32 Å². The van der Waals surface area contributed by atoms with E-state index in [0.29, 0.717) is 11.8 Å². The van der Waals surface area contributed by atoms with E-state index >= 15 is 0 Å². The number of nitrogens with zero attached hydrogens (tertiary/aromatic N) is 1. The van der Waals surface area contributed by atoms with E-state index in [1.165, 1.54) is 6.20 Å². The zero-order chi connectivity index (χ0) is 15.6. The Bertz CT molecular complexity index is 667. The van der Waals surface area contributed by atoms with Gasteiger partial charge in [0.05, 0.1) is 28.7 Å². The molecule has 0 aliphatic carbocycles. The zero-order valence-corrected chi connectivity index (χ0v) is 10.9. The lowest BCUT2D eigenvalue weighted by atomic mass is 10.1. The number of nitrogens with one attached hydrogen (secondary N) is 1. The molecular weight excluding hydrogens is 285 g/mol. The fourth-order valence-electron chi connectivity index (χ4n) is 1.70. The molecule has 0 saturated heterocycles. The number of aryl methyl sites for hydroxylation is 1. The molecule has 0 radical (unpaired) electrons. The summed E-state index contributed by atoms with van der Waals surface area (Å²) >= 11 is 0. The number of carboxylic acids is 1. The maximum absolute atomic E-state index is 12.6. The zero-order valence-electron chi connectivity index (χ0n) is 10.9. The fraction of sp³-hybridized carbons (Fsp3) is 0.143. The number of anilines is 2. The first-order valence-electron chi connectivity index (χ1n) is 5.91. The molecule has 2 aromatic rings. The molecule has 1 heterocycles. The van der Waals surface area contributed by atoms with E-state index in [2.05, 4.69) is 10.3 Å². The molecule has 0 amide bonds. The molecule has 2 N–H and O–H groups in total. The molecule has 0 aliphatic rings. The Kier molecular flexibility index (Phi) is 3.84. The third kappa shape index (κ3) is 3.50. The minimum Gasteiger partial charge on any atom is -0.478 e. The summed E-state index contributed by atoms with van der Waals surface area (Å²) in [5.74, 6) is -1.44. The van der Waals surface area contributed by atoms with Crippen molar-refractivity contribution in [1.82, 2.24) is 4.98 Å². The molecule has 1 aromatic carbocycles. The smallest absolute Gasteiger partial charge is 0.416 e. The predicted molar refractivity (Wildman–Crippen MR) is 70.7 cm³/mol. The van der Waals surface area contributed by atoms with Gasteiger partial charge in [0.1, 0.15) is 0 Å². The van der Waals surface area contributed by atoms with E-state index in [4.69, 9.17) is 5.11 Å². The standard InChI is InChI=1S/C14H11F3N2O2/c1-8-2-4-10(7-18-8)19-12-5-3-9(14(15,16)17)6-11(12)13(20)21/h2-7,19H,1H3,(H,20,21). The van der Waals surface area contributed by atoms with Gasteiger partial charge in [0.2, 0.25) is 0 Å². The Hall–Kier alpha value is -2.57. The topological polar surface area (TPSA) is 62.2 Å². The molecule has 7 heteroatoms. The van der Waals surface area contributed by atoms with Crippen LogP contribution in [0.1, 0.15) is 21.6 Å². The quantitative estimate of drug-likeness (QED) is 0.903. The van der Waals surface area contributed by atoms with Crippen LogP contribution in [0.4, 0.5) is 24.5 Å². The minimum absolute atomic E-state index is 0.0705. The molecule has 21 heavy (non-hydrogen) atoms. The van der Waals surface area contributed by atoms with Crippen LogP contribution in [0.2, 0.25) is 0 Å². The number of pyridine rings is 1. The molecule has 0 unspecified atom stereocenters. The summed E-state index contributed by atoms with van der Waals surface area (Å²) in [5, 5.41) is 11.8. The van der Waals surface area contributed by atoms with Crippen LogP contribution in [0.3, 0.4) is 0 Å². The number of carboxylic acid groups (broad SMARTS) is 1. The molecule has 0 atom stereocenters. The van der Waals surface area contributed by atoms with Crippen molar-refractivity contribution in [3.8, 4) is 0 Å². The van der Waals surface area contributed by atoms with Crippen LogP contribution >= 0.6 is 0 Å². The van der Waals surface area contributed by atoms with E-state index in [1.807, 2.05) is 0 Å². The SMILES string of the molecule is Cc1ccc(Nc2ccc(C(F)(F)F)cc2C(=O)O)cn1. The maximum Gasteiger partial charge on any atom is 0.416 e. The highest BCUT2D eigenvalue weighted by atomic mass is 19.4. The van der Waals surface area contributed by atoms with Crippen molar-refractivity contribution in [2.45, 2.75) is 13.1 Å². The summed E-state index contributed by atoms with van der Waals surface area (Å²) in [7, 11) is 0. The summed E-state index contributed by atoms with van der Waals surface area (Å²) in [5.41, 5.74) is -0.131. The number of hydrogen-bond donors (Lipinski definition) is 2. The van der Waals surface area contributed by atoms with Crippen LogP contribution in [-0.4, -0.2) is 16.1 Å². The van der Waals surface area contributed by atoms with Gasteiger partial charge in [0.25, 0.3) is 0 Å². The van der Waals surface area contributed by atoms with Crippen LogP contribution < -0.4 is 5.32 Å². The molecule has 0 aliphatic heterocycles. The van der Waals surface area contributed by atoms with Gasteiger partial charge < -0.3 is 10.4 Å². The van der Waals surface area contributed by atoms with Crippen molar-refractivity contribution >= 4 is 17.3 Å². The van der Waals surface area contributed by atoms with Gasteiger partial charge in [-0.25, -0.2) is 4.79 Å². The monoisotopic (exact) mass is 296 g/mol. The van der Waals surface area contributed by atoms with Crippen LogP contribution in [0, 0.1) is 6.92 Å². The lowest BCUT2D eigenvalue weighted by Crippen LogP contribution is -2.09. The first-order chi connectivity index (χ1) is 9.77. The normalized spacial score (nSPS) is 11.2. The Morgan fingerprint density at radius 3 is 2.48 bits per heavy atom. The first-order valence-corrected chi connectivity index (χ1v) is 5.91. The van der Waals surface area contributed by atoms with Crippen molar-refractivity contribution in [2.24, 2.45) is 0 Å². The molecule has 0 bridgehead atoms. The van der Waals surface area contributed by atoms with Crippen LogP contribution in [0.15, 0.2) is 36.5 Å². The predicted octanol–water partition coefficient (Wildman–Crippen LogP) is 3.85. The summed E-state index contributed by atoms with van der Waals surface area (Å²) in [4.78, 5) is 15.1. The van der Waals surface area contributed by atoms with E-state index in [1.54, 1.807) is 19.1 Å². The Labute approximate surface area is 118 Å². The van der Waals surface area contributed by atoms with Gasteiger partial charge in [-0.05, 0) is 37.3 Å². The second-order valence-corrected chi connectivity index (χ2v) is 4.38. The van der Waals surface area contributed by atoms with Gasteiger partial charge in [-0.2, -0.15) is 13.2 Å². The van der Waals surface area contributed by atoms with Crippen molar-refractivity contribution in [3.05, 3.63) is 53.3 Å². The molecule has 2 rings (SSSR count). The molecule has 4 nitrogen and oxygen atoms in total. The van der Waals surface area contributed by atoms with E-state index in [-0.39, 0.29) is 5.69 Å². The van der Waals surface area contributed by atoms with Crippen LogP contribution in [0.5, 0.6) is 0 Å². The molecule has 0 saturated carbocycles.